The van der Waals surface area contributed by atoms with Crippen LogP contribution in [0.2, 0.25) is 0 Å². The fraction of sp³-hybridized carbons (Fsp3) is 0.0526. The summed E-state index contributed by atoms with van der Waals surface area (Å²) in [6, 6.07) is 14.0. The molecular weight excluding hydrogens is 346 g/mol. The molecule has 3 rings (SSSR count). The Kier molecular flexibility index (Phi) is 5.27. The Bertz CT molecular complexity index is 1020. The highest BCUT2D eigenvalue weighted by atomic mass is 16.2. The number of rotatable bonds is 4. The third kappa shape index (κ3) is 4.57. The number of nitrogens with zero attached hydrogens (tertiary/aromatic N) is 1. The summed E-state index contributed by atoms with van der Waals surface area (Å²) < 4.78 is 0. The van der Waals surface area contributed by atoms with Crippen molar-refractivity contribution in [2.45, 2.75) is 6.92 Å². The van der Waals surface area contributed by atoms with Crippen LogP contribution in [0.1, 0.15) is 12.5 Å². The molecule has 0 saturated carbocycles. The zero-order chi connectivity index (χ0) is 19.2. The van der Waals surface area contributed by atoms with Crippen molar-refractivity contribution >= 4 is 46.2 Å². The fourth-order valence-corrected chi connectivity index (χ4v) is 2.44. The first kappa shape index (κ1) is 17.9. The smallest absolute Gasteiger partial charge is 0.329 e. The van der Waals surface area contributed by atoms with Gasteiger partial charge in [0, 0.05) is 41.0 Å². The third-order valence-corrected chi connectivity index (χ3v) is 3.66. The molecule has 0 radical (unpaired) electrons. The van der Waals surface area contributed by atoms with Crippen LogP contribution in [-0.2, 0) is 14.4 Å². The maximum atomic E-state index is 11.9. The molecule has 0 bridgehead atoms. The Morgan fingerprint density at radius 3 is 2.30 bits per heavy atom. The normalized spacial score (nSPS) is 10.7. The van der Waals surface area contributed by atoms with Crippen molar-refractivity contribution in [1.82, 2.24) is 10.4 Å². The molecule has 8 heteroatoms. The van der Waals surface area contributed by atoms with Crippen LogP contribution in [0.3, 0.4) is 0 Å². The molecule has 0 aliphatic carbocycles. The zero-order valence-electron chi connectivity index (χ0n) is 14.4. The molecule has 0 saturated heterocycles. The van der Waals surface area contributed by atoms with E-state index >= 15 is 0 Å². The van der Waals surface area contributed by atoms with E-state index in [1.54, 1.807) is 30.5 Å². The number of benzene rings is 2. The standard InChI is InChI=1S/C19H17N5O3/c1-12(25)22-14-6-8-15(9-7-14)23-18(26)19(27)24-21-11-13-10-20-17-5-3-2-4-16(13)17/h2-11,20H,1H3,(H,22,25)(H,23,26)(H,24,27)/b21-11-. The van der Waals surface area contributed by atoms with Crippen LogP contribution in [0.5, 0.6) is 0 Å². The van der Waals surface area contributed by atoms with Crippen molar-refractivity contribution < 1.29 is 14.4 Å². The molecule has 27 heavy (non-hydrogen) atoms. The van der Waals surface area contributed by atoms with Crippen molar-refractivity contribution in [1.29, 1.82) is 0 Å². The molecule has 4 N–H and O–H groups in total. The van der Waals surface area contributed by atoms with Crippen LogP contribution < -0.4 is 16.1 Å². The van der Waals surface area contributed by atoms with E-state index < -0.39 is 11.8 Å². The highest BCUT2D eigenvalue weighted by Gasteiger charge is 2.13. The van der Waals surface area contributed by atoms with Gasteiger partial charge in [0.1, 0.15) is 0 Å². The van der Waals surface area contributed by atoms with Gasteiger partial charge in [0.2, 0.25) is 5.91 Å². The SMILES string of the molecule is CC(=O)Nc1ccc(NC(=O)C(=O)N/N=C\c2c[nH]c3ccccc23)cc1. The van der Waals surface area contributed by atoms with Gasteiger partial charge in [-0.2, -0.15) is 5.10 Å². The monoisotopic (exact) mass is 363 g/mol. The van der Waals surface area contributed by atoms with Crippen LogP contribution in [0, 0.1) is 0 Å². The number of carbonyl (C=O) groups is 3. The van der Waals surface area contributed by atoms with Gasteiger partial charge in [-0.3, -0.25) is 14.4 Å². The Morgan fingerprint density at radius 2 is 1.59 bits per heavy atom. The molecule has 2 aromatic carbocycles. The number of para-hydroxylation sites is 1. The van der Waals surface area contributed by atoms with Crippen LogP contribution >= 0.6 is 0 Å². The van der Waals surface area contributed by atoms with Crippen molar-refractivity contribution in [2.24, 2.45) is 5.10 Å². The number of H-pyrrole nitrogens is 1. The van der Waals surface area contributed by atoms with Crippen molar-refractivity contribution in [2.75, 3.05) is 10.6 Å². The predicted octanol–water partition coefficient (Wildman–Crippen LogP) is 2.22. The number of hydrogen-bond acceptors (Lipinski definition) is 4. The highest BCUT2D eigenvalue weighted by Crippen LogP contribution is 2.15. The molecule has 8 nitrogen and oxygen atoms in total. The minimum Gasteiger partial charge on any atom is -0.361 e. The molecule has 0 atom stereocenters. The van der Waals surface area contributed by atoms with Crippen LogP contribution in [0.15, 0.2) is 59.8 Å². The Balaban J connectivity index is 1.56. The Morgan fingerprint density at radius 1 is 0.926 bits per heavy atom. The first-order valence-electron chi connectivity index (χ1n) is 8.11. The van der Waals surface area contributed by atoms with E-state index in [2.05, 4.69) is 26.1 Å². The molecule has 0 spiro atoms. The second-order valence-corrected chi connectivity index (χ2v) is 5.70. The summed E-state index contributed by atoms with van der Waals surface area (Å²) >= 11 is 0. The van der Waals surface area contributed by atoms with Gasteiger partial charge in [-0.15, -0.1) is 0 Å². The number of hydrogen-bond donors (Lipinski definition) is 4. The number of aromatic nitrogens is 1. The molecular formula is C19H17N5O3. The van der Waals surface area contributed by atoms with Crippen LogP contribution in [-0.4, -0.2) is 28.9 Å². The lowest BCUT2D eigenvalue weighted by Crippen LogP contribution is -2.32. The van der Waals surface area contributed by atoms with Gasteiger partial charge in [0.15, 0.2) is 0 Å². The molecule has 0 fully saturated rings. The number of hydrazone groups is 1. The highest BCUT2D eigenvalue weighted by molar-refractivity contribution is 6.39. The fourth-order valence-electron chi connectivity index (χ4n) is 2.44. The van der Waals surface area contributed by atoms with Gasteiger partial charge >= 0.3 is 11.8 Å². The predicted molar refractivity (Wildman–Crippen MR) is 103 cm³/mol. The summed E-state index contributed by atoms with van der Waals surface area (Å²) in [4.78, 5) is 37.8. The summed E-state index contributed by atoms with van der Waals surface area (Å²) in [5.74, 6) is -1.94. The number of nitrogens with one attached hydrogen (secondary N) is 4. The van der Waals surface area contributed by atoms with Gasteiger partial charge in [-0.25, -0.2) is 5.43 Å². The number of fused-ring (bicyclic) bond motifs is 1. The van der Waals surface area contributed by atoms with E-state index in [4.69, 9.17) is 0 Å². The zero-order valence-corrected chi connectivity index (χ0v) is 14.4. The quantitative estimate of drug-likeness (QED) is 0.323. The van der Waals surface area contributed by atoms with E-state index in [0.717, 1.165) is 16.5 Å². The van der Waals surface area contributed by atoms with E-state index in [9.17, 15) is 14.4 Å². The number of aromatic amines is 1. The minimum absolute atomic E-state index is 0.195. The van der Waals surface area contributed by atoms with E-state index in [-0.39, 0.29) is 5.91 Å². The van der Waals surface area contributed by atoms with Gasteiger partial charge in [-0.05, 0) is 30.3 Å². The number of carbonyl (C=O) groups excluding carboxylic acids is 3. The van der Waals surface area contributed by atoms with Crippen molar-refractivity contribution in [3.63, 3.8) is 0 Å². The van der Waals surface area contributed by atoms with Crippen LogP contribution in [0.4, 0.5) is 11.4 Å². The lowest BCUT2D eigenvalue weighted by atomic mass is 10.2. The molecule has 136 valence electrons. The molecule has 0 unspecified atom stereocenters. The lowest BCUT2D eigenvalue weighted by Gasteiger charge is -2.06. The topological polar surface area (TPSA) is 115 Å². The second-order valence-electron chi connectivity index (χ2n) is 5.70. The van der Waals surface area contributed by atoms with E-state index in [1.165, 1.54) is 13.1 Å². The van der Waals surface area contributed by atoms with Gasteiger partial charge in [0.25, 0.3) is 0 Å². The summed E-state index contributed by atoms with van der Waals surface area (Å²) in [5.41, 5.74) is 4.94. The van der Waals surface area contributed by atoms with Gasteiger partial charge in [0.05, 0.1) is 6.21 Å². The summed E-state index contributed by atoms with van der Waals surface area (Å²) in [6.45, 7) is 1.40. The molecule has 1 heterocycles. The van der Waals surface area contributed by atoms with Gasteiger partial charge in [-0.1, -0.05) is 18.2 Å². The number of amides is 3. The molecule has 3 amide bonds. The minimum atomic E-state index is -0.892. The maximum Gasteiger partial charge on any atom is 0.329 e. The Hall–Kier alpha value is -3.94. The summed E-state index contributed by atoms with van der Waals surface area (Å²) in [7, 11) is 0. The van der Waals surface area contributed by atoms with E-state index in [0.29, 0.717) is 11.4 Å². The summed E-state index contributed by atoms with van der Waals surface area (Å²) in [6.07, 6.45) is 3.23. The third-order valence-electron chi connectivity index (χ3n) is 3.66. The second kappa shape index (κ2) is 7.96. The largest absolute Gasteiger partial charge is 0.361 e. The average Bonchev–Trinajstić information content (AvgIpc) is 3.06. The number of anilines is 2. The van der Waals surface area contributed by atoms with Gasteiger partial charge < -0.3 is 15.6 Å². The average molecular weight is 363 g/mol. The Labute approximate surface area is 154 Å². The molecule has 1 aromatic heterocycles. The lowest BCUT2D eigenvalue weighted by molar-refractivity contribution is -0.136. The molecule has 0 aliphatic heterocycles. The van der Waals surface area contributed by atoms with Crippen molar-refractivity contribution in [3.8, 4) is 0 Å². The van der Waals surface area contributed by atoms with E-state index in [1.807, 2.05) is 24.3 Å². The molecule has 0 aliphatic rings. The summed E-state index contributed by atoms with van der Waals surface area (Å²) in [5, 5.41) is 9.84. The van der Waals surface area contributed by atoms with Crippen LogP contribution in [0.25, 0.3) is 10.9 Å². The first-order chi connectivity index (χ1) is 13.0. The maximum absolute atomic E-state index is 11.9. The molecule has 3 aromatic rings. The van der Waals surface area contributed by atoms with Crippen molar-refractivity contribution in [3.05, 3.63) is 60.3 Å². The first-order valence-corrected chi connectivity index (χ1v) is 8.11.